The van der Waals surface area contributed by atoms with Crippen molar-refractivity contribution in [2.75, 3.05) is 0 Å². The van der Waals surface area contributed by atoms with Crippen LogP contribution in [-0.4, -0.2) is 16.1 Å². The topological polar surface area (TPSA) is 63.3 Å². The summed E-state index contributed by atoms with van der Waals surface area (Å²) in [5.41, 5.74) is 0.495. The van der Waals surface area contributed by atoms with Gasteiger partial charge in [-0.2, -0.15) is 0 Å². The third-order valence-corrected chi connectivity index (χ3v) is 4.66. The molecule has 0 aliphatic rings. The average molecular weight is 279 g/mol. The van der Waals surface area contributed by atoms with Gasteiger partial charge in [-0.1, -0.05) is 6.92 Å². The number of fused-ring (bicyclic) bond motifs is 1. The Morgan fingerprint density at radius 3 is 2.94 bits per heavy atom. The van der Waals surface area contributed by atoms with Crippen LogP contribution in [0.25, 0.3) is 20.2 Å². The van der Waals surface area contributed by atoms with Crippen molar-refractivity contribution in [3.8, 4) is 10.8 Å². The Balaban J connectivity index is 2.11. The Morgan fingerprint density at radius 2 is 2.33 bits per heavy atom. The molecule has 0 saturated heterocycles. The molecule has 3 aromatic rings. The monoisotopic (exact) mass is 279 g/mol. The molecule has 0 saturated carbocycles. The van der Waals surface area contributed by atoms with Crippen molar-refractivity contribution in [2.45, 2.75) is 13.3 Å². The zero-order valence-electron chi connectivity index (χ0n) is 9.47. The maximum absolute atomic E-state index is 11.0. The molecule has 0 atom stereocenters. The summed E-state index contributed by atoms with van der Waals surface area (Å²) in [6.07, 6.45) is 0.547. The van der Waals surface area contributed by atoms with E-state index < -0.39 is 5.97 Å². The van der Waals surface area contributed by atoms with Crippen molar-refractivity contribution < 1.29 is 14.3 Å². The van der Waals surface area contributed by atoms with E-state index in [-0.39, 0.29) is 5.76 Å². The Labute approximate surface area is 111 Å². The normalized spacial score (nSPS) is 11.2. The van der Waals surface area contributed by atoms with Gasteiger partial charge in [-0.3, -0.25) is 0 Å². The number of hydrogen-bond acceptors (Lipinski definition) is 5. The van der Waals surface area contributed by atoms with E-state index in [0.717, 1.165) is 4.88 Å². The summed E-state index contributed by atoms with van der Waals surface area (Å²) in [6, 6.07) is 4.03. The van der Waals surface area contributed by atoms with Gasteiger partial charge < -0.3 is 9.52 Å². The summed E-state index contributed by atoms with van der Waals surface area (Å²) in [6.45, 7) is 1.86. The second kappa shape index (κ2) is 4.22. The third kappa shape index (κ3) is 1.74. The van der Waals surface area contributed by atoms with Crippen molar-refractivity contribution in [2.24, 2.45) is 0 Å². The Hall–Kier alpha value is -1.66. The molecule has 3 rings (SSSR count). The van der Waals surface area contributed by atoms with E-state index in [2.05, 4.69) is 4.98 Å². The molecule has 0 fully saturated rings. The first-order valence-electron chi connectivity index (χ1n) is 5.39. The van der Waals surface area contributed by atoms with Crippen LogP contribution in [0.1, 0.15) is 23.2 Å². The van der Waals surface area contributed by atoms with Crippen LogP contribution in [0.5, 0.6) is 0 Å². The van der Waals surface area contributed by atoms with Gasteiger partial charge in [0.15, 0.2) is 0 Å². The van der Waals surface area contributed by atoms with Crippen LogP contribution in [0, 0.1) is 0 Å². The van der Waals surface area contributed by atoms with E-state index in [1.54, 1.807) is 22.7 Å². The fourth-order valence-corrected chi connectivity index (χ4v) is 3.77. The van der Waals surface area contributed by atoms with Crippen LogP contribution in [0.4, 0.5) is 0 Å². The number of thiophene rings is 2. The number of aromatic nitrogens is 1. The molecule has 3 heterocycles. The van der Waals surface area contributed by atoms with E-state index >= 15 is 0 Å². The molecule has 0 aliphatic carbocycles. The number of aryl methyl sites for hydroxylation is 1. The van der Waals surface area contributed by atoms with Crippen LogP contribution in [-0.2, 0) is 6.42 Å². The predicted molar refractivity (Wildman–Crippen MR) is 71.5 cm³/mol. The van der Waals surface area contributed by atoms with E-state index in [1.165, 1.54) is 9.40 Å². The first kappa shape index (κ1) is 11.4. The highest BCUT2D eigenvalue weighted by Crippen LogP contribution is 2.36. The van der Waals surface area contributed by atoms with Crippen LogP contribution in [0.2, 0.25) is 0 Å². The van der Waals surface area contributed by atoms with E-state index in [1.807, 2.05) is 24.4 Å². The number of carboxylic acids is 1. The quantitative estimate of drug-likeness (QED) is 0.790. The standard InChI is InChI=1S/C12H9NO3S2/c1-2-6-10(12(14)15)16-11(13-6)9-5-8-7(18-9)3-4-17-8/h3-5H,2H2,1H3,(H,14,15). The first-order valence-corrected chi connectivity index (χ1v) is 7.09. The molecule has 6 heteroatoms. The number of hydrogen-bond donors (Lipinski definition) is 1. The van der Waals surface area contributed by atoms with E-state index in [9.17, 15) is 4.79 Å². The zero-order chi connectivity index (χ0) is 12.7. The molecule has 0 radical (unpaired) electrons. The number of carboxylic acid groups (broad SMARTS) is 1. The van der Waals surface area contributed by atoms with Crippen molar-refractivity contribution in [3.05, 3.63) is 29.0 Å². The number of rotatable bonds is 3. The predicted octanol–water partition coefficient (Wildman–Crippen LogP) is 3.88. The SMILES string of the molecule is CCc1nc(-c2cc3sccc3s2)oc1C(=O)O. The molecular weight excluding hydrogens is 270 g/mol. The van der Waals surface area contributed by atoms with E-state index in [4.69, 9.17) is 9.52 Å². The lowest BCUT2D eigenvalue weighted by atomic mass is 10.3. The summed E-state index contributed by atoms with van der Waals surface area (Å²) in [5, 5.41) is 11.1. The molecule has 0 amide bonds. The van der Waals surface area contributed by atoms with Gasteiger partial charge in [0, 0.05) is 9.40 Å². The van der Waals surface area contributed by atoms with Crippen molar-refractivity contribution >= 4 is 38.0 Å². The average Bonchev–Trinajstić information content (AvgIpc) is 3.01. The molecular formula is C12H9NO3S2. The summed E-state index contributed by atoms with van der Waals surface area (Å²) >= 11 is 3.21. The van der Waals surface area contributed by atoms with Gasteiger partial charge in [0.25, 0.3) is 0 Å². The lowest BCUT2D eigenvalue weighted by Crippen LogP contribution is -1.98. The molecule has 1 N–H and O–H groups in total. The summed E-state index contributed by atoms with van der Waals surface area (Å²) in [4.78, 5) is 16.2. The lowest BCUT2D eigenvalue weighted by molar-refractivity contribution is 0.0662. The third-order valence-electron chi connectivity index (χ3n) is 2.58. The second-order valence-corrected chi connectivity index (χ2v) is 5.74. The molecule has 0 spiro atoms. The molecule has 92 valence electrons. The minimum atomic E-state index is -1.07. The maximum atomic E-state index is 11.0. The van der Waals surface area contributed by atoms with Gasteiger partial charge in [0.05, 0.1) is 10.6 Å². The maximum Gasteiger partial charge on any atom is 0.373 e. The van der Waals surface area contributed by atoms with Gasteiger partial charge in [-0.25, -0.2) is 9.78 Å². The lowest BCUT2D eigenvalue weighted by Gasteiger charge is -1.88. The van der Waals surface area contributed by atoms with Gasteiger partial charge in [-0.15, -0.1) is 22.7 Å². The van der Waals surface area contributed by atoms with Gasteiger partial charge in [0.1, 0.15) is 0 Å². The number of nitrogens with zero attached hydrogens (tertiary/aromatic N) is 1. The molecule has 0 aliphatic heterocycles. The number of aromatic carboxylic acids is 1. The highest BCUT2D eigenvalue weighted by Gasteiger charge is 2.20. The molecule has 18 heavy (non-hydrogen) atoms. The van der Waals surface area contributed by atoms with Crippen LogP contribution < -0.4 is 0 Å². The summed E-state index contributed by atoms with van der Waals surface area (Å²) in [7, 11) is 0. The molecule has 0 bridgehead atoms. The number of oxazole rings is 1. The Bertz CT molecular complexity index is 694. The van der Waals surface area contributed by atoms with Crippen molar-refractivity contribution in [3.63, 3.8) is 0 Å². The minimum Gasteiger partial charge on any atom is -0.475 e. The molecule has 4 nitrogen and oxygen atoms in total. The number of carbonyl (C=O) groups is 1. The largest absolute Gasteiger partial charge is 0.475 e. The Morgan fingerprint density at radius 1 is 1.50 bits per heavy atom. The highest BCUT2D eigenvalue weighted by atomic mass is 32.1. The molecule has 3 aromatic heterocycles. The van der Waals surface area contributed by atoms with Gasteiger partial charge >= 0.3 is 5.97 Å². The van der Waals surface area contributed by atoms with E-state index in [0.29, 0.717) is 18.0 Å². The van der Waals surface area contributed by atoms with Gasteiger partial charge in [-0.05, 0) is 23.9 Å². The Kier molecular flexibility index (Phi) is 2.68. The smallest absolute Gasteiger partial charge is 0.373 e. The van der Waals surface area contributed by atoms with Crippen molar-refractivity contribution in [1.29, 1.82) is 0 Å². The fraction of sp³-hybridized carbons (Fsp3) is 0.167. The summed E-state index contributed by atoms with van der Waals surface area (Å²) in [5.74, 6) is -0.717. The fourth-order valence-electron chi connectivity index (χ4n) is 1.74. The van der Waals surface area contributed by atoms with Gasteiger partial charge in [0.2, 0.25) is 11.7 Å². The minimum absolute atomic E-state index is 0.0516. The zero-order valence-corrected chi connectivity index (χ0v) is 11.1. The first-order chi connectivity index (χ1) is 8.69. The van der Waals surface area contributed by atoms with Crippen LogP contribution in [0.3, 0.4) is 0 Å². The molecule has 0 aromatic carbocycles. The van der Waals surface area contributed by atoms with Crippen molar-refractivity contribution in [1.82, 2.24) is 4.98 Å². The summed E-state index contributed by atoms with van der Waals surface area (Å²) < 4.78 is 7.70. The second-order valence-electron chi connectivity index (χ2n) is 3.71. The van der Waals surface area contributed by atoms with Crippen LogP contribution >= 0.6 is 22.7 Å². The molecule has 0 unspecified atom stereocenters. The van der Waals surface area contributed by atoms with Crippen LogP contribution in [0.15, 0.2) is 21.9 Å². The highest BCUT2D eigenvalue weighted by molar-refractivity contribution is 7.28.